The van der Waals surface area contributed by atoms with E-state index in [4.69, 9.17) is 11.6 Å². The number of piperazine rings is 1. The first-order valence-corrected chi connectivity index (χ1v) is 12.1. The number of pyridine rings is 1. The topological polar surface area (TPSA) is 41.4 Å². The fraction of sp³-hybridized carbons (Fsp3) is 0.333. The highest BCUT2D eigenvalue weighted by atomic mass is 35.5. The van der Waals surface area contributed by atoms with E-state index in [0.717, 1.165) is 47.4 Å². The summed E-state index contributed by atoms with van der Waals surface area (Å²) in [7, 11) is 0. The zero-order valence-corrected chi connectivity index (χ0v) is 18.3. The second-order valence-corrected chi connectivity index (χ2v) is 9.82. The van der Waals surface area contributed by atoms with Crippen molar-refractivity contribution in [2.75, 3.05) is 36.8 Å². The molecule has 0 N–H and O–H groups in total. The molecule has 150 valence electrons. The number of halogens is 1. The van der Waals surface area contributed by atoms with E-state index in [1.807, 2.05) is 53.3 Å². The van der Waals surface area contributed by atoms with Gasteiger partial charge in [0.05, 0.1) is 10.6 Å². The molecule has 1 saturated heterocycles. The standard InChI is InChI=1S/C21H21ClN4OS2/c22-15-3-4-18(23-13-15)24-8-10-25(11-9-24)20(27)19-16-5-12-28-14-17(16)29-21(19)26-6-1-2-7-26/h1-4,6-7,13H,5,8-12,14H2. The maximum atomic E-state index is 13.6. The van der Waals surface area contributed by atoms with Gasteiger partial charge in [-0.25, -0.2) is 4.98 Å². The highest BCUT2D eigenvalue weighted by Crippen LogP contribution is 2.39. The summed E-state index contributed by atoms with van der Waals surface area (Å²) in [5, 5.41) is 1.70. The van der Waals surface area contributed by atoms with Gasteiger partial charge in [0, 0.05) is 55.4 Å². The summed E-state index contributed by atoms with van der Waals surface area (Å²) in [5.74, 6) is 3.18. The number of hydrogen-bond donors (Lipinski definition) is 0. The molecule has 3 aromatic heterocycles. The highest BCUT2D eigenvalue weighted by molar-refractivity contribution is 7.98. The molecule has 0 bridgehead atoms. The molecule has 0 spiro atoms. The van der Waals surface area contributed by atoms with Gasteiger partial charge in [0.1, 0.15) is 10.8 Å². The Balaban J connectivity index is 1.39. The zero-order chi connectivity index (χ0) is 19.8. The lowest BCUT2D eigenvalue weighted by molar-refractivity contribution is 0.0746. The number of thiophene rings is 1. The molecular formula is C21H21ClN4OS2. The fourth-order valence-electron chi connectivity index (χ4n) is 3.94. The predicted molar refractivity (Wildman–Crippen MR) is 121 cm³/mol. The molecule has 0 unspecified atom stereocenters. The van der Waals surface area contributed by atoms with E-state index in [2.05, 4.69) is 14.5 Å². The van der Waals surface area contributed by atoms with Gasteiger partial charge in [0.25, 0.3) is 5.91 Å². The van der Waals surface area contributed by atoms with E-state index < -0.39 is 0 Å². The van der Waals surface area contributed by atoms with Gasteiger partial charge in [-0.05, 0) is 42.0 Å². The molecule has 0 atom stereocenters. The molecule has 0 radical (unpaired) electrons. The van der Waals surface area contributed by atoms with Gasteiger partial charge >= 0.3 is 0 Å². The van der Waals surface area contributed by atoms with Gasteiger partial charge < -0.3 is 14.4 Å². The lowest BCUT2D eigenvalue weighted by Gasteiger charge is -2.35. The fourth-order valence-corrected chi connectivity index (χ4v) is 6.49. The third-order valence-corrected chi connectivity index (χ3v) is 8.09. The van der Waals surface area contributed by atoms with E-state index in [1.165, 1.54) is 10.4 Å². The number of rotatable bonds is 3. The van der Waals surface area contributed by atoms with Crippen LogP contribution < -0.4 is 4.90 Å². The number of fused-ring (bicyclic) bond motifs is 1. The monoisotopic (exact) mass is 444 g/mol. The molecule has 2 aliphatic heterocycles. The smallest absolute Gasteiger partial charge is 0.257 e. The van der Waals surface area contributed by atoms with E-state index >= 15 is 0 Å². The van der Waals surface area contributed by atoms with Crippen molar-refractivity contribution in [1.29, 1.82) is 0 Å². The molecule has 1 amide bonds. The third kappa shape index (κ3) is 3.67. The van der Waals surface area contributed by atoms with Crippen molar-refractivity contribution in [2.24, 2.45) is 0 Å². The minimum atomic E-state index is 0.168. The lowest BCUT2D eigenvalue weighted by Crippen LogP contribution is -2.49. The number of aromatic nitrogens is 2. The van der Waals surface area contributed by atoms with Crippen LogP contribution >= 0.6 is 34.7 Å². The number of nitrogens with zero attached hydrogens (tertiary/aromatic N) is 4. The van der Waals surface area contributed by atoms with Crippen molar-refractivity contribution in [3.63, 3.8) is 0 Å². The summed E-state index contributed by atoms with van der Waals surface area (Å²) in [6.07, 6.45) is 6.72. The van der Waals surface area contributed by atoms with Gasteiger partial charge in [0.15, 0.2) is 0 Å². The van der Waals surface area contributed by atoms with Crippen molar-refractivity contribution in [2.45, 2.75) is 12.2 Å². The normalized spacial score (nSPS) is 16.7. The van der Waals surface area contributed by atoms with Crippen LogP contribution in [0.3, 0.4) is 0 Å². The molecule has 5 rings (SSSR count). The second-order valence-electron chi connectivity index (χ2n) is 7.19. The summed E-state index contributed by atoms with van der Waals surface area (Å²) in [5.41, 5.74) is 2.18. The summed E-state index contributed by atoms with van der Waals surface area (Å²) < 4.78 is 2.09. The highest BCUT2D eigenvalue weighted by Gasteiger charge is 2.31. The average molecular weight is 445 g/mol. The first kappa shape index (κ1) is 19.0. The lowest BCUT2D eigenvalue weighted by atomic mass is 10.1. The number of amides is 1. The van der Waals surface area contributed by atoms with Gasteiger partial charge in [0.2, 0.25) is 0 Å². The Bertz CT molecular complexity index is 1010. The van der Waals surface area contributed by atoms with Crippen LogP contribution in [0.1, 0.15) is 20.8 Å². The minimum Gasteiger partial charge on any atom is -0.353 e. The summed E-state index contributed by atoms with van der Waals surface area (Å²) in [4.78, 5) is 23.6. The molecule has 2 aliphatic rings. The SMILES string of the molecule is O=C(c1c(-n2cccc2)sc2c1CCSC2)N1CCN(c2ccc(Cl)cn2)CC1. The predicted octanol–water partition coefficient (Wildman–Crippen LogP) is 4.34. The first-order chi connectivity index (χ1) is 14.2. The molecule has 0 aliphatic carbocycles. The van der Waals surface area contributed by atoms with E-state index in [1.54, 1.807) is 17.5 Å². The summed E-state index contributed by atoms with van der Waals surface area (Å²) in [6.45, 7) is 2.96. The van der Waals surface area contributed by atoms with Crippen LogP contribution in [-0.2, 0) is 12.2 Å². The number of anilines is 1. The molecule has 0 aromatic carbocycles. The van der Waals surface area contributed by atoms with E-state index in [-0.39, 0.29) is 5.91 Å². The summed E-state index contributed by atoms with van der Waals surface area (Å²) in [6, 6.07) is 7.83. The summed E-state index contributed by atoms with van der Waals surface area (Å²) >= 11 is 9.68. The van der Waals surface area contributed by atoms with E-state index in [9.17, 15) is 4.79 Å². The molecule has 8 heteroatoms. The zero-order valence-electron chi connectivity index (χ0n) is 15.9. The third-order valence-electron chi connectivity index (χ3n) is 5.46. The molecule has 0 saturated carbocycles. The Hall–Kier alpha value is -1.96. The van der Waals surface area contributed by atoms with Crippen molar-refractivity contribution in [3.05, 3.63) is 63.9 Å². The molecular weight excluding hydrogens is 424 g/mol. The van der Waals surface area contributed by atoms with E-state index in [0.29, 0.717) is 18.1 Å². The van der Waals surface area contributed by atoms with Crippen molar-refractivity contribution >= 4 is 46.4 Å². The molecule has 29 heavy (non-hydrogen) atoms. The van der Waals surface area contributed by atoms with Crippen LogP contribution in [0, 0.1) is 0 Å². The number of carbonyl (C=O) groups excluding carboxylic acids is 1. The van der Waals surface area contributed by atoms with Crippen molar-refractivity contribution in [3.8, 4) is 5.00 Å². The minimum absolute atomic E-state index is 0.168. The van der Waals surface area contributed by atoms with Crippen LogP contribution in [0.4, 0.5) is 5.82 Å². The van der Waals surface area contributed by atoms with Crippen LogP contribution in [-0.4, -0.2) is 52.3 Å². The Labute approximate surface area is 183 Å². The molecule has 5 heterocycles. The average Bonchev–Trinajstić information content (AvgIpc) is 3.42. The van der Waals surface area contributed by atoms with Crippen LogP contribution in [0.15, 0.2) is 42.9 Å². The van der Waals surface area contributed by atoms with Crippen LogP contribution in [0.2, 0.25) is 5.02 Å². The maximum absolute atomic E-state index is 13.6. The maximum Gasteiger partial charge on any atom is 0.257 e. The first-order valence-electron chi connectivity index (χ1n) is 9.72. The Morgan fingerprint density at radius 3 is 2.62 bits per heavy atom. The van der Waals surface area contributed by atoms with Crippen LogP contribution in [0.5, 0.6) is 0 Å². The number of carbonyl (C=O) groups is 1. The largest absolute Gasteiger partial charge is 0.353 e. The van der Waals surface area contributed by atoms with Gasteiger partial charge in [-0.3, -0.25) is 4.79 Å². The Morgan fingerprint density at radius 2 is 1.90 bits per heavy atom. The van der Waals surface area contributed by atoms with Gasteiger partial charge in [-0.2, -0.15) is 11.8 Å². The Morgan fingerprint density at radius 1 is 1.10 bits per heavy atom. The number of thioether (sulfide) groups is 1. The molecule has 3 aromatic rings. The number of hydrogen-bond acceptors (Lipinski definition) is 5. The van der Waals surface area contributed by atoms with Gasteiger partial charge in [-0.15, -0.1) is 11.3 Å². The molecule has 1 fully saturated rings. The van der Waals surface area contributed by atoms with Crippen LogP contribution in [0.25, 0.3) is 5.00 Å². The Kier molecular flexibility index (Phi) is 5.28. The quantitative estimate of drug-likeness (QED) is 0.602. The second kappa shape index (κ2) is 8.05. The van der Waals surface area contributed by atoms with Crippen molar-refractivity contribution in [1.82, 2.24) is 14.5 Å². The van der Waals surface area contributed by atoms with Gasteiger partial charge in [-0.1, -0.05) is 11.6 Å². The van der Waals surface area contributed by atoms with Crippen molar-refractivity contribution < 1.29 is 4.79 Å². The molecule has 5 nitrogen and oxygen atoms in total.